The summed E-state index contributed by atoms with van der Waals surface area (Å²) in [6.45, 7) is 3.57. The molecule has 2 heterocycles. The second kappa shape index (κ2) is 6.13. The van der Waals surface area contributed by atoms with Crippen LogP contribution in [-0.2, 0) is 16.0 Å². The quantitative estimate of drug-likeness (QED) is 0.898. The fraction of sp³-hybridized carbons (Fsp3) is 0.611. The Morgan fingerprint density at radius 3 is 2.61 bits per heavy atom. The number of ether oxygens (including phenoxy) is 2. The second-order valence-corrected chi connectivity index (χ2v) is 6.82. The van der Waals surface area contributed by atoms with Gasteiger partial charge in [-0.3, -0.25) is 4.79 Å². The van der Waals surface area contributed by atoms with Gasteiger partial charge in [0.25, 0.3) is 0 Å². The third kappa shape index (κ3) is 3.35. The summed E-state index contributed by atoms with van der Waals surface area (Å²) in [5.41, 5.74) is 0.116. The molecule has 2 saturated heterocycles. The molecule has 5 heteroatoms. The lowest BCUT2D eigenvalue weighted by atomic mass is 9.83. The lowest BCUT2D eigenvalue weighted by molar-refractivity contribution is -0.157. The molecule has 126 valence electrons. The van der Waals surface area contributed by atoms with Gasteiger partial charge in [-0.25, -0.2) is 0 Å². The molecule has 3 rings (SSSR count). The Bertz CT molecular complexity index is 565. The number of aryl methyl sites for hydroxylation is 1. The average molecular weight is 319 g/mol. The van der Waals surface area contributed by atoms with Crippen LogP contribution in [0.4, 0.5) is 0 Å². The topological polar surface area (TPSA) is 59.0 Å². The van der Waals surface area contributed by atoms with Crippen LogP contribution in [0.1, 0.15) is 31.7 Å². The summed E-state index contributed by atoms with van der Waals surface area (Å²) in [5, 5.41) is 10.3. The van der Waals surface area contributed by atoms with Gasteiger partial charge in [-0.1, -0.05) is 19.1 Å². The maximum Gasteiger partial charge on any atom is 0.223 e. The fourth-order valence-corrected chi connectivity index (χ4v) is 3.45. The number of carbonyl (C=O) groups is 1. The first-order valence-corrected chi connectivity index (χ1v) is 8.25. The van der Waals surface area contributed by atoms with E-state index in [1.54, 1.807) is 7.11 Å². The Kier molecular flexibility index (Phi) is 4.34. The molecule has 0 bridgehead atoms. The van der Waals surface area contributed by atoms with Crippen LogP contribution >= 0.6 is 0 Å². The molecular formula is C18H25NO4. The van der Waals surface area contributed by atoms with Crippen molar-refractivity contribution in [3.05, 3.63) is 29.8 Å². The highest BCUT2D eigenvalue weighted by atomic mass is 16.5. The molecule has 1 aromatic carbocycles. The van der Waals surface area contributed by atoms with Crippen LogP contribution in [0.25, 0.3) is 0 Å². The van der Waals surface area contributed by atoms with E-state index in [-0.39, 0.29) is 11.5 Å². The molecule has 1 atom stereocenters. The zero-order chi connectivity index (χ0) is 16.5. The van der Waals surface area contributed by atoms with Gasteiger partial charge < -0.3 is 19.5 Å². The van der Waals surface area contributed by atoms with Gasteiger partial charge in [0, 0.05) is 12.8 Å². The van der Waals surface area contributed by atoms with Gasteiger partial charge in [-0.05, 0) is 30.5 Å². The Balaban J connectivity index is 1.46. The van der Waals surface area contributed by atoms with Gasteiger partial charge in [-0.2, -0.15) is 0 Å². The average Bonchev–Trinajstić information content (AvgIpc) is 2.91. The predicted octanol–water partition coefficient (Wildman–Crippen LogP) is 1.77. The molecular weight excluding hydrogens is 294 g/mol. The van der Waals surface area contributed by atoms with Crippen LogP contribution < -0.4 is 4.74 Å². The van der Waals surface area contributed by atoms with E-state index >= 15 is 0 Å². The van der Waals surface area contributed by atoms with E-state index in [4.69, 9.17) is 9.47 Å². The van der Waals surface area contributed by atoms with E-state index in [2.05, 4.69) is 0 Å². The Morgan fingerprint density at radius 2 is 2.04 bits per heavy atom. The number of likely N-dealkylation sites (tertiary alicyclic amines) is 1. The summed E-state index contributed by atoms with van der Waals surface area (Å²) in [6, 6.07) is 7.81. The van der Waals surface area contributed by atoms with Crippen molar-refractivity contribution >= 4 is 5.91 Å². The molecule has 2 fully saturated rings. The highest BCUT2D eigenvalue weighted by molar-refractivity contribution is 5.77. The third-order valence-corrected chi connectivity index (χ3v) is 5.05. The molecule has 1 amide bonds. The summed E-state index contributed by atoms with van der Waals surface area (Å²) in [5.74, 6) is 0.980. The Labute approximate surface area is 137 Å². The number of rotatable bonds is 5. The van der Waals surface area contributed by atoms with Crippen LogP contribution in [0, 0.1) is 0 Å². The molecule has 0 aromatic heterocycles. The van der Waals surface area contributed by atoms with E-state index in [0.29, 0.717) is 39.0 Å². The fourth-order valence-electron chi connectivity index (χ4n) is 3.45. The van der Waals surface area contributed by atoms with Gasteiger partial charge in [-0.15, -0.1) is 0 Å². The third-order valence-electron chi connectivity index (χ3n) is 5.05. The molecule has 1 aromatic rings. The molecule has 0 radical (unpaired) electrons. The summed E-state index contributed by atoms with van der Waals surface area (Å²) in [7, 11) is 1.64. The van der Waals surface area contributed by atoms with Gasteiger partial charge in [0.2, 0.25) is 5.91 Å². The van der Waals surface area contributed by atoms with E-state index in [0.717, 1.165) is 17.7 Å². The van der Waals surface area contributed by atoms with Crippen molar-refractivity contribution < 1.29 is 19.4 Å². The van der Waals surface area contributed by atoms with E-state index in [9.17, 15) is 9.90 Å². The number of amides is 1. The zero-order valence-electron chi connectivity index (χ0n) is 13.9. The maximum atomic E-state index is 12.3. The summed E-state index contributed by atoms with van der Waals surface area (Å²) >= 11 is 0. The molecule has 0 aliphatic carbocycles. The van der Waals surface area contributed by atoms with Crippen molar-refractivity contribution in [3.63, 3.8) is 0 Å². The van der Waals surface area contributed by atoms with Crippen molar-refractivity contribution in [1.82, 2.24) is 4.90 Å². The minimum absolute atomic E-state index is 0.155. The normalized spacial score (nSPS) is 25.4. The molecule has 23 heavy (non-hydrogen) atoms. The molecule has 1 unspecified atom stereocenters. The van der Waals surface area contributed by atoms with Crippen molar-refractivity contribution in [3.8, 4) is 5.75 Å². The van der Waals surface area contributed by atoms with Crippen molar-refractivity contribution in [2.45, 2.75) is 43.8 Å². The number of aliphatic hydroxyl groups is 1. The van der Waals surface area contributed by atoms with Crippen LogP contribution in [-0.4, -0.2) is 53.9 Å². The number of hydrogen-bond donors (Lipinski definition) is 1. The second-order valence-electron chi connectivity index (χ2n) is 6.82. The number of carbonyl (C=O) groups excluding carboxylic acids is 1. The summed E-state index contributed by atoms with van der Waals surface area (Å²) in [6.07, 6.45) is 2.56. The van der Waals surface area contributed by atoms with Crippen molar-refractivity contribution in [1.29, 1.82) is 0 Å². The standard InChI is InChI=1S/C18H25NO4/c1-3-17(21)10-18(23-13-17)11-19(12-18)16(20)9-6-14-4-7-15(22-2)8-5-14/h4-5,7-8,21H,3,6,9-13H2,1-2H3. The lowest BCUT2D eigenvalue weighted by Crippen LogP contribution is -2.63. The minimum Gasteiger partial charge on any atom is -0.497 e. The Hall–Kier alpha value is -1.59. The highest BCUT2D eigenvalue weighted by Gasteiger charge is 2.55. The number of nitrogens with zero attached hydrogens (tertiary/aromatic N) is 1. The van der Waals surface area contributed by atoms with Crippen molar-refractivity contribution in [2.75, 3.05) is 26.8 Å². The molecule has 0 saturated carbocycles. The maximum absolute atomic E-state index is 12.3. The monoisotopic (exact) mass is 319 g/mol. The van der Waals surface area contributed by atoms with Crippen molar-refractivity contribution in [2.24, 2.45) is 0 Å². The lowest BCUT2D eigenvalue weighted by Gasteiger charge is -2.47. The van der Waals surface area contributed by atoms with Crippen LogP contribution in [0.3, 0.4) is 0 Å². The van der Waals surface area contributed by atoms with Crippen LogP contribution in [0.5, 0.6) is 5.75 Å². The summed E-state index contributed by atoms with van der Waals surface area (Å²) in [4.78, 5) is 14.1. The van der Waals surface area contributed by atoms with E-state index in [1.807, 2.05) is 36.1 Å². The molecule has 1 spiro atoms. The van der Waals surface area contributed by atoms with Crippen LogP contribution in [0.2, 0.25) is 0 Å². The first kappa shape index (κ1) is 16.3. The molecule has 5 nitrogen and oxygen atoms in total. The van der Waals surface area contributed by atoms with E-state index in [1.165, 1.54) is 0 Å². The number of hydrogen-bond acceptors (Lipinski definition) is 4. The van der Waals surface area contributed by atoms with Gasteiger partial charge in [0.1, 0.15) is 11.4 Å². The highest BCUT2D eigenvalue weighted by Crippen LogP contribution is 2.41. The van der Waals surface area contributed by atoms with Crippen LogP contribution in [0.15, 0.2) is 24.3 Å². The van der Waals surface area contributed by atoms with Gasteiger partial charge in [0.05, 0.1) is 32.4 Å². The first-order valence-electron chi connectivity index (χ1n) is 8.25. The van der Waals surface area contributed by atoms with Gasteiger partial charge >= 0.3 is 0 Å². The predicted molar refractivity (Wildman–Crippen MR) is 86.4 cm³/mol. The minimum atomic E-state index is -0.710. The summed E-state index contributed by atoms with van der Waals surface area (Å²) < 4.78 is 10.9. The zero-order valence-corrected chi connectivity index (χ0v) is 13.9. The SMILES string of the molecule is CCC1(O)COC2(CN(C(=O)CCc3ccc(OC)cc3)C2)C1. The molecule has 2 aliphatic rings. The number of methoxy groups -OCH3 is 1. The smallest absolute Gasteiger partial charge is 0.223 e. The Morgan fingerprint density at radius 1 is 1.35 bits per heavy atom. The molecule has 2 aliphatic heterocycles. The van der Waals surface area contributed by atoms with Gasteiger partial charge in [0.15, 0.2) is 0 Å². The number of benzene rings is 1. The molecule has 1 N–H and O–H groups in total. The largest absolute Gasteiger partial charge is 0.497 e. The van der Waals surface area contributed by atoms with E-state index < -0.39 is 5.60 Å². The first-order chi connectivity index (χ1) is 11.0.